The lowest BCUT2D eigenvalue weighted by Gasteiger charge is -2.29. The monoisotopic (exact) mass is 779 g/mol. The lowest BCUT2D eigenvalue weighted by Crippen LogP contribution is -2.38. The van der Waals surface area contributed by atoms with Gasteiger partial charge in [0.2, 0.25) is 17.7 Å². The third kappa shape index (κ3) is 13.8. The van der Waals surface area contributed by atoms with E-state index < -0.39 is 5.60 Å². The largest absolute Gasteiger partial charge is 0.506 e. The van der Waals surface area contributed by atoms with Gasteiger partial charge < -0.3 is 29.7 Å². The van der Waals surface area contributed by atoms with E-state index in [1.807, 2.05) is 32.9 Å². The summed E-state index contributed by atoms with van der Waals surface area (Å²) in [4.78, 5) is 48.1. The van der Waals surface area contributed by atoms with Crippen LogP contribution in [-0.2, 0) is 28.7 Å². The second kappa shape index (κ2) is 23.7. The van der Waals surface area contributed by atoms with Crippen molar-refractivity contribution in [2.24, 2.45) is 29.6 Å². The van der Waals surface area contributed by atoms with Crippen molar-refractivity contribution in [1.29, 1.82) is 0 Å². The number of carbonyl (C=O) groups excluding carboxylic acids is 4. The second-order valence-electron chi connectivity index (χ2n) is 14.4. The molecule has 3 N–H and O–H groups in total. The number of hydrogen-bond acceptors (Lipinski definition) is 9. The Kier molecular flexibility index (Phi) is 24.8. The zero-order chi connectivity index (χ0) is 37.0. The molecule has 3 heterocycles. The first kappa shape index (κ1) is 57.6. The summed E-state index contributed by atoms with van der Waals surface area (Å²) in [5, 5.41) is 21.6. The number of amides is 3. The Hall–Kier alpha value is -4.12. The highest BCUT2D eigenvalue weighted by Gasteiger charge is 2.53. The van der Waals surface area contributed by atoms with Crippen molar-refractivity contribution in [3.8, 4) is 17.2 Å². The van der Waals surface area contributed by atoms with Crippen LogP contribution in [0.1, 0.15) is 138 Å². The van der Waals surface area contributed by atoms with Crippen LogP contribution in [0, 0.1) is 29.6 Å². The molecule has 318 valence electrons. The van der Waals surface area contributed by atoms with E-state index in [0.29, 0.717) is 29.1 Å². The molecule has 8 unspecified atom stereocenters. The lowest BCUT2D eigenvalue weighted by molar-refractivity contribution is -0.162. The van der Waals surface area contributed by atoms with Gasteiger partial charge in [0.1, 0.15) is 11.4 Å². The third-order valence-electron chi connectivity index (χ3n) is 9.76. The number of esters is 1. The Morgan fingerprint density at radius 2 is 1.42 bits per heavy atom. The minimum absolute atomic E-state index is 0. The van der Waals surface area contributed by atoms with Gasteiger partial charge in [-0.2, -0.15) is 0 Å². The third-order valence-corrected chi connectivity index (χ3v) is 9.76. The molecule has 3 aliphatic rings. The van der Waals surface area contributed by atoms with Crippen molar-refractivity contribution in [2.45, 2.75) is 150 Å². The number of nitrogens with one attached hydrogen (secondary N) is 1. The van der Waals surface area contributed by atoms with Crippen LogP contribution >= 0.6 is 0 Å². The maximum absolute atomic E-state index is 12.0. The average Bonchev–Trinajstić information content (AvgIpc) is 3.65. The van der Waals surface area contributed by atoms with Crippen LogP contribution in [0.25, 0.3) is 0 Å². The summed E-state index contributed by atoms with van der Waals surface area (Å²) in [6.07, 6.45) is 2.21. The fourth-order valence-corrected chi connectivity index (χ4v) is 6.20. The molecule has 3 fully saturated rings. The van der Waals surface area contributed by atoms with Crippen molar-refractivity contribution in [3.63, 3.8) is 0 Å². The van der Waals surface area contributed by atoms with Crippen molar-refractivity contribution >= 4 is 35.1 Å². The maximum atomic E-state index is 12.0. The number of carbonyl (C=O) groups is 4. The molecule has 3 aliphatic heterocycles. The fraction of sp³-hybridized carbons (Fsp3) is 0.636. The number of fused-ring (bicyclic) bond motifs is 2. The molecule has 11 heteroatoms. The summed E-state index contributed by atoms with van der Waals surface area (Å²) >= 11 is 0. The molecule has 0 spiro atoms. The quantitative estimate of drug-likeness (QED) is 0.148. The topological polar surface area (TPSA) is 152 Å². The number of benzene rings is 2. The van der Waals surface area contributed by atoms with Gasteiger partial charge in [0, 0.05) is 24.8 Å². The summed E-state index contributed by atoms with van der Waals surface area (Å²) in [7, 11) is 1.41. The molecular weight excluding hydrogens is 700 g/mol. The molecule has 11 nitrogen and oxygen atoms in total. The van der Waals surface area contributed by atoms with Crippen LogP contribution in [0.2, 0.25) is 0 Å². The van der Waals surface area contributed by atoms with Gasteiger partial charge in [-0.15, -0.1) is 0 Å². The SMILES string of the molecule is C.C.C.C.C.C.CC1C2CC(C(=O)OC(C)(C)C)C(O2)C1C.CCC(C)c1ccc(O)c(NC(C)=O)c1.COc1cc(N2C(=O)C(C)C(C)C2=O)ccc1O. The number of methoxy groups -OCH3 is 1. The van der Waals surface area contributed by atoms with Crippen molar-refractivity contribution in [3.05, 3.63) is 42.0 Å². The Labute approximate surface area is 334 Å². The first-order chi connectivity index (χ1) is 22.8. The fourth-order valence-electron chi connectivity index (χ4n) is 6.20. The number of ether oxygens (including phenoxy) is 3. The van der Waals surface area contributed by atoms with E-state index in [1.165, 1.54) is 32.2 Å². The predicted octanol–water partition coefficient (Wildman–Crippen LogP) is 10.6. The van der Waals surface area contributed by atoms with Gasteiger partial charge in [0.05, 0.1) is 36.6 Å². The number of nitrogens with zero attached hydrogens (tertiary/aromatic N) is 1. The summed E-state index contributed by atoms with van der Waals surface area (Å²) in [5.74, 6) is 0.396. The molecular formula is C44H78N2O9. The van der Waals surface area contributed by atoms with E-state index in [9.17, 15) is 29.4 Å². The number of imide groups is 1. The van der Waals surface area contributed by atoms with Crippen LogP contribution in [0.4, 0.5) is 11.4 Å². The zero-order valence-electron chi connectivity index (χ0n) is 30.7. The molecule has 0 aromatic heterocycles. The number of hydrogen-bond donors (Lipinski definition) is 3. The molecule has 3 saturated heterocycles. The Morgan fingerprint density at radius 3 is 1.85 bits per heavy atom. The van der Waals surface area contributed by atoms with Crippen LogP contribution in [0.5, 0.6) is 17.2 Å². The van der Waals surface area contributed by atoms with Crippen LogP contribution < -0.4 is 15.0 Å². The molecule has 0 saturated carbocycles. The normalized spacial score (nSPS) is 23.4. The van der Waals surface area contributed by atoms with E-state index in [4.69, 9.17) is 14.2 Å². The summed E-state index contributed by atoms with van der Waals surface area (Å²) in [5.41, 5.74) is 1.64. The van der Waals surface area contributed by atoms with E-state index >= 15 is 0 Å². The van der Waals surface area contributed by atoms with E-state index in [2.05, 4.69) is 33.0 Å². The molecule has 2 aromatic carbocycles. The highest BCUT2D eigenvalue weighted by molar-refractivity contribution is 6.21. The smallest absolute Gasteiger partial charge is 0.312 e. The van der Waals surface area contributed by atoms with Gasteiger partial charge in [-0.25, -0.2) is 4.90 Å². The number of phenols is 2. The number of aromatic hydroxyl groups is 2. The minimum atomic E-state index is -0.395. The zero-order valence-corrected chi connectivity index (χ0v) is 30.7. The predicted molar refractivity (Wildman–Crippen MR) is 228 cm³/mol. The Morgan fingerprint density at radius 1 is 0.891 bits per heavy atom. The molecule has 0 aliphatic carbocycles. The van der Waals surface area contributed by atoms with Crippen molar-refractivity contribution in [1.82, 2.24) is 0 Å². The first-order valence-corrected chi connectivity index (χ1v) is 17.0. The van der Waals surface area contributed by atoms with Crippen molar-refractivity contribution in [2.75, 3.05) is 17.3 Å². The second-order valence-corrected chi connectivity index (χ2v) is 14.4. The van der Waals surface area contributed by atoms with Gasteiger partial charge >= 0.3 is 5.97 Å². The summed E-state index contributed by atoms with van der Waals surface area (Å²) in [6, 6.07) is 9.74. The van der Waals surface area contributed by atoms with E-state index in [0.717, 1.165) is 23.3 Å². The lowest BCUT2D eigenvalue weighted by atomic mass is 9.76. The van der Waals surface area contributed by atoms with Gasteiger partial charge in [-0.1, -0.05) is 92.2 Å². The molecule has 55 heavy (non-hydrogen) atoms. The average molecular weight is 779 g/mol. The van der Waals surface area contributed by atoms with Crippen LogP contribution in [0.3, 0.4) is 0 Å². The van der Waals surface area contributed by atoms with E-state index in [-0.39, 0.29) is 115 Å². The van der Waals surface area contributed by atoms with Crippen LogP contribution in [0.15, 0.2) is 36.4 Å². The standard InChI is InChI=1S/C13H15NO4.C13H22O3.C12H17NO2.6CH4/c1-7-8(2)13(17)14(12(7)16)9-4-5-10(15)11(6-9)18-3;1-7-8(2)11-9(6-10(7)15-11)12(14)16-13(3,4)5;1-4-8(2)10-5-6-12(15)11(7-10)13-9(3)14;;;;;;/h4-8,15H,1-3H3;7-11H,6H2,1-5H3;5-8,15H,4H2,1-3H3,(H,13,14);6*1H4. The molecule has 5 rings (SSSR count). The number of phenolic OH excluding ortho intramolecular Hbond substituents is 2. The molecule has 8 atom stereocenters. The molecule has 3 amide bonds. The minimum Gasteiger partial charge on any atom is -0.506 e. The number of anilines is 2. The first-order valence-electron chi connectivity index (χ1n) is 17.0. The van der Waals surface area contributed by atoms with Gasteiger partial charge in [-0.3, -0.25) is 19.2 Å². The maximum Gasteiger partial charge on any atom is 0.312 e. The highest BCUT2D eigenvalue weighted by Crippen LogP contribution is 2.47. The van der Waals surface area contributed by atoms with Crippen LogP contribution in [-0.4, -0.2) is 58.8 Å². The molecule has 2 bridgehead atoms. The highest BCUT2D eigenvalue weighted by atomic mass is 16.6. The van der Waals surface area contributed by atoms with Gasteiger partial charge in [0.15, 0.2) is 11.5 Å². The Balaban J connectivity index is -0.000000338. The number of rotatable bonds is 6. The summed E-state index contributed by atoms with van der Waals surface area (Å²) in [6.45, 7) is 19.2. The molecule has 0 radical (unpaired) electrons. The Bertz CT molecular complexity index is 1500. The van der Waals surface area contributed by atoms with Gasteiger partial charge in [0.25, 0.3) is 0 Å². The van der Waals surface area contributed by atoms with E-state index in [1.54, 1.807) is 19.9 Å². The summed E-state index contributed by atoms with van der Waals surface area (Å²) < 4.78 is 16.3. The van der Waals surface area contributed by atoms with Gasteiger partial charge in [-0.05, 0) is 81.2 Å². The van der Waals surface area contributed by atoms with Crippen molar-refractivity contribution < 1.29 is 43.6 Å². The molecule has 2 aromatic rings.